The molecule has 19 heavy (non-hydrogen) atoms. The second kappa shape index (κ2) is 6.83. The number of aliphatic hydroxyl groups excluding tert-OH is 1. The van der Waals surface area contributed by atoms with Gasteiger partial charge >= 0.3 is 6.36 Å². The lowest BCUT2D eigenvalue weighted by molar-refractivity contribution is -0.274. The Labute approximate surface area is 114 Å². The zero-order valence-electron chi connectivity index (χ0n) is 10.3. The van der Waals surface area contributed by atoms with E-state index in [4.69, 9.17) is 10.5 Å². The Kier molecular flexibility index (Phi) is 6.41. The molecule has 0 amide bonds. The van der Waals surface area contributed by atoms with Crippen LogP contribution in [0.5, 0.6) is 11.5 Å². The van der Waals surface area contributed by atoms with Crippen molar-refractivity contribution in [1.29, 1.82) is 0 Å². The van der Waals surface area contributed by atoms with Crippen molar-refractivity contribution in [3.63, 3.8) is 0 Å². The summed E-state index contributed by atoms with van der Waals surface area (Å²) >= 11 is 0. The van der Waals surface area contributed by atoms with Crippen LogP contribution >= 0.6 is 12.4 Å². The number of aliphatic hydroxyl groups is 1. The van der Waals surface area contributed by atoms with Crippen LogP contribution in [0.15, 0.2) is 18.2 Å². The van der Waals surface area contributed by atoms with Gasteiger partial charge in [0.25, 0.3) is 0 Å². The van der Waals surface area contributed by atoms with Crippen LogP contribution in [0.4, 0.5) is 13.2 Å². The van der Waals surface area contributed by atoms with Crippen LogP contribution in [0.3, 0.4) is 0 Å². The lowest BCUT2D eigenvalue weighted by Crippen LogP contribution is -2.24. The number of ether oxygens (including phenoxy) is 2. The van der Waals surface area contributed by atoms with E-state index in [1.165, 1.54) is 20.1 Å². The Hall–Kier alpha value is -1.18. The van der Waals surface area contributed by atoms with Crippen molar-refractivity contribution >= 4 is 12.4 Å². The fourth-order valence-electron chi connectivity index (χ4n) is 1.42. The molecule has 0 heterocycles. The van der Waals surface area contributed by atoms with Gasteiger partial charge in [-0.3, -0.25) is 0 Å². The third-order valence-corrected chi connectivity index (χ3v) is 2.32. The summed E-state index contributed by atoms with van der Waals surface area (Å²) in [4.78, 5) is 0. The van der Waals surface area contributed by atoms with Crippen LogP contribution in [0, 0.1) is 0 Å². The van der Waals surface area contributed by atoms with E-state index in [0.717, 1.165) is 12.1 Å². The van der Waals surface area contributed by atoms with Gasteiger partial charge in [-0.25, -0.2) is 0 Å². The zero-order valence-corrected chi connectivity index (χ0v) is 11.1. The van der Waals surface area contributed by atoms with Gasteiger partial charge in [0, 0.05) is 11.6 Å². The number of hydrogen-bond acceptors (Lipinski definition) is 4. The molecule has 4 nitrogen and oxygen atoms in total. The maximum absolute atomic E-state index is 12.0. The van der Waals surface area contributed by atoms with E-state index in [1.807, 2.05) is 0 Å². The Morgan fingerprint density at radius 3 is 2.32 bits per heavy atom. The number of benzene rings is 1. The monoisotopic (exact) mass is 301 g/mol. The van der Waals surface area contributed by atoms with Crippen LogP contribution in [-0.4, -0.2) is 24.7 Å². The average molecular weight is 302 g/mol. The van der Waals surface area contributed by atoms with E-state index in [9.17, 15) is 18.3 Å². The predicted octanol–water partition coefficient (Wildman–Crippen LogP) is 2.40. The molecule has 0 aromatic heterocycles. The largest absolute Gasteiger partial charge is 0.573 e. The maximum atomic E-state index is 12.0. The molecular weight excluding hydrogens is 287 g/mol. The van der Waals surface area contributed by atoms with Crippen molar-refractivity contribution in [2.45, 2.75) is 25.4 Å². The maximum Gasteiger partial charge on any atom is 0.573 e. The minimum Gasteiger partial charge on any atom is -0.496 e. The van der Waals surface area contributed by atoms with Crippen LogP contribution < -0.4 is 15.2 Å². The molecule has 110 valence electrons. The van der Waals surface area contributed by atoms with E-state index >= 15 is 0 Å². The first kappa shape index (κ1) is 17.8. The Bertz CT molecular complexity index is 413. The normalized spacial score (nSPS) is 14.3. The summed E-state index contributed by atoms with van der Waals surface area (Å²) in [5.41, 5.74) is 6.10. The number of methoxy groups -OCH3 is 1. The topological polar surface area (TPSA) is 64.7 Å². The summed E-state index contributed by atoms with van der Waals surface area (Å²) in [5.74, 6) is -0.272. The van der Waals surface area contributed by atoms with Gasteiger partial charge in [-0.1, -0.05) is 0 Å². The molecule has 0 spiro atoms. The summed E-state index contributed by atoms with van der Waals surface area (Å²) in [6.45, 7) is 1.48. The number of alkyl halides is 3. The molecule has 0 bridgehead atoms. The van der Waals surface area contributed by atoms with Crippen molar-refractivity contribution in [2.24, 2.45) is 5.73 Å². The third kappa shape index (κ3) is 5.14. The van der Waals surface area contributed by atoms with E-state index < -0.39 is 24.3 Å². The molecule has 0 unspecified atom stereocenters. The number of rotatable bonds is 4. The lowest BCUT2D eigenvalue weighted by atomic mass is 10.0. The smallest absolute Gasteiger partial charge is 0.496 e. The molecule has 0 radical (unpaired) electrons. The van der Waals surface area contributed by atoms with Gasteiger partial charge in [0.1, 0.15) is 11.5 Å². The van der Waals surface area contributed by atoms with Gasteiger partial charge in [0.2, 0.25) is 0 Å². The van der Waals surface area contributed by atoms with Crippen molar-refractivity contribution in [3.8, 4) is 11.5 Å². The zero-order chi connectivity index (χ0) is 13.9. The first-order chi connectivity index (χ1) is 8.24. The average Bonchev–Trinajstić information content (AvgIpc) is 2.25. The molecule has 1 aromatic carbocycles. The quantitative estimate of drug-likeness (QED) is 0.896. The fraction of sp³-hybridized carbons (Fsp3) is 0.455. The summed E-state index contributed by atoms with van der Waals surface area (Å²) < 4.78 is 44.8. The van der Waals surface area contributed by atoms with E-state index in [1.54, 1.807) is 0 Å². The summed E-state index contributed by atoms with van der Waals surface area (Å²) in [6, 6.07) is 2.77. The molecule has 0 aliphatic heterocycles. The molecule has 0 saturated heterocycles. The first-order valence-corrected chi connectivity index (χ1v) is 5.12. The molecule has 8 heteroatoms. The van der Waals surface area contributed by atoms with Gasteiger partial charge in [-0.05, 0) is 19.1 Å². The highest BCUT2D eigenvalue weighted by Crippen LogP contribution is 2.32. The van der Waals surface area contributed by atoms with E-state index in [2.05, 4.69) is 4.74 Å². The van der Waals surface area contributed by atoms with Gasteiger partial charge in [-0.15, -0.1) is 25.6 Å². The summed E-state index contributed by atoms with van der Waals surface area (Å²) in [7, 11) is 1.30. The summed E-state index contributed by atoms with van der Waals surface area (Å²) in [6.07, 6.45) is -5.62. The molecule has 0 aliphatic carbocycles. The van der Waals surface area contributed by atoms with E-state index in [-0.39, 0.29) is 18.2 Å². The van der Waals surface area contributed by atoms with Gasteiger partial charge in [-0.2, -0.15) is 0 Å². The third-order valence-electron chi connectivity index (χ3n) is 2.32. The SMILES string of the molecule is COc1cc(OC(F)(F)F)ccc1[C@H](N)[C@@H](C)O.Cl. The molecule has 1 aromatic rings. The van der Waals surface area contributed by atoms with Crippen molar-refractivity contribution in [1.82, 2.24) is 0 Å². The van der Waals surface area contributed by atoms with Crippen molar-refractivity contribution in [3.05, 3.63) is 23.8 Å². The minimum atomic E-state index is -4.76. The second-order valence-electron chi connectivity index (χ2n) is 3.72. The Morgan fingerprint density at radius 2 is 1.89 bits per heavy atom. The fourth-order valence-corrected chi connectivity index (χ4v) is 1.42. The predicted molar refractivity (Wildman–Crippen MR) is 65.5 cm³/mol. The highest BCUT2D eigenvalue weighted by molar-refractivity contribution is 5.85. The minimum absolute atomic E-state index is 0. The second-order valence-corrected chi connectivity index (χ2v) is 3.72. The molecule has 0 fully saturated rings. The molecule has 0 aliphatic rings. The molecule has 0 saturated carbocycles. The number of nitrogens with two attached hydrogens (primary N) is 1. The summed E-state index contributed by atoms with van der Waals surface area (Å²) in [5, 5.41) is 9.36. The highest BCUT2D eigenvalue weighted by atomic mass is 35.5. The van der Waals surface area contributed by atoms with Gasteiger partial charge in [0.05, 0.1) is 19.3 Å². The van der Waals surface area contributed by atoms with Crippen LogP contribution in [0.1, 0.15) is 18.5 Å². The van der Waals surface area contributed by atoms with Crippen LogP contribution in [0.2, 0.25) is 0 Å². The molecule has 2 atom stereocenters. The Balaban J connectivity index is 0.00000324. The molecular formula is C11H15ClF3NO3. The van der Waals surface area contributed by atoms with Crippen molar-refractivity contribution in [2.75, 3.05) is 7.11 Å². The van der Waals surface area contributed by atoms with Crippen LogP contribution in [-0.2, 0) is 0 Å². The molecule has 1 rings (SSSR count). The highest BCUT2D eigenvalue weighted by Gasteiger charge is 2.31. The van der Waals surface area contributed by atoms with E-state index in [0.29, 0.717) is 5.56 Å². The number of halogens is 4. The van der Waals surface area contributed by atoms with Gasteiger partial charge in [0.15, 0.2) is 0 Å². The van der Waals surface area contributed by atoms with Crippen molar-refractivity contribution < 1.29 is 27.8 Å². The van der Waals surface area contributed by atoms with Crippen LogP contribution in [0.25, 0.3) is 0 Å². The number of hydrogen-bond donors (Lipinski definition) is 2. The standard InChI is InChI=1S/C11H14F3NO3.ClH/c1-6(16)10(15)8-4-3-7(5-9(8)17-2)18-11(12,13)14;/h3-6,10,16H,15H2,1-2H3;1H/t6-,10-;/m1./s1. The lowest BCUT2D eigenvalue weighted by Gasteiger charge is -2.19. The first-order valence-electron chi connectivity index (χ1n) is 5.12. The van der Waals surface area contributed by atoms with Gasteiger partial charge < -0.3 is 20.3 Å². The Morgan fingerprint density at radius 1 is 1.32 bits per heavy atom. The molecule has 3 N–H and O–H groups in total.